The molecule has 1 N–H and O–H groups in total. The summed E-state index contributed by atoms with van der Waals surface area (Å²) < 4.78 is 0. The van der Waals surface area contributed by atoms with Gasteiger partial charge in [-0.1, -0.05) is 13.3 Å². The first-order valence-electron chi connectivity index (χ1n) is 5.22. The average Bonchev–Trinajstić information content (AvgIpc) is 2.64. The van der Waals surface area contributed by atoms with Gasteiger partial charge in [-0.25, -0.2) is 9.97 Å². The number of nitrogens with one attached hydrogen (secondary N) is 1. The molecule has 0 aliphatic carbocycles. The first-order chi connectivity index (χ1) is 7.69. The lowest BCUT2D eigenvalue weighted by Gasteiger charge is -2.00. The third kappa shape index (κ3) is 2.36. The molecule has 0 unspecified atom stereocenters. The molecule has 2 aromatic heterocycles. The number of hydrogen-bond donors (Lipinski definition) is 1. The van der Waals surface area contributed by atoms with Gasteiger partial charge in [0.25, 0.3) is 5.56 Å². The summed E-state index contributed by atoms with van der Waals surface area (Å²) in [5, 5.41) is 2.72. The third-order valence-electron chi connectivity index (χ3n) is 2.12. The Morgan fingerprint density at radius 1 is 1.44 bits per heavy atom. The highest BCUT2D eigenvalue weighted by Gasteiger charge is 2.07. The maximum Gasteiger partial charge on any atom is 0.251 e. The zero-order valence-electron chi connectivity index (χ0n) is 9.28. The zero-order valence-corrected chi connectivity index (χ0v) is 10.1. The highest BCUT2D eigenvalue weighted by atomic mass is 32.1. The van der Waals surface area contributed by atoms with Crippen molar-refractivity contribution in [1.29, 1.82) is 0 Å². The van der Waals surface area contributed by atoms with Gasteiger partial charge >= 0.3 is 0 Å². The number of aryl methyl sites for hydroxylation is 2. The fourth-order valence-corrected chi connectivity index (χ4v) is 2.20. The van der Waals surface area contributed by atoms with Crippen LogP contribution >= 0.6 is 11.3 Å². The molecular weight excluding hydrogens is 222 g/mol. The summed E-state index contributed by atoms with van der Waals surface area (Å²) in [7, 11) is 0. The molecule has 0 aliphatic rings. The lowest BCUT2D eigenvalue weighted by Crippen LogP contribution is -2.10. The Labute approximate surface area is 97.4 Å². The Hall–Kier alpha value is -1.49. The second kappa shape index (κ2) is 4.57. The van der Waals surface area contributed by atoms with Gasteiger partial charge in [-0.15, -0.1) is 11.3 Å². The molecule has 0 saturated heterocycles. The molecule has 16 heavy (non-hydrogen) atoms. The van der Waals surface area contributed by atoms with Crippen LogP contribution in [0.15, 0.2) is 16.2 Å². The van der Waals surface area contributed by atoms with Crippen molar-refractivity contribution < 1.29 is 0 Å². The number of aromatic amines is 1. The van der Waals surface area contributed by atoms with Crippen LogP contribution in [-0.2, 0) is 6.42 Å². The summed E-state index contributed by atoms with van der Waals surface area (Å²) in [6.07, 6.45) is 1.80. The van der Waals surface area contributed by atoms with Gasteiger partial charge in [-0.2, -0.15) is 0 Å². The highest BCUT2D eigenvalue weighted by molar-refractivity contribution is 7.13. The molecular formula is C11H13N3OS. The molecule has 0 aromatic carbocycles. The van der Waals surface area contributed by atoms with Gasteiger partial charge in [0.15, 0.2) is 10.8 Å². The topological polar surface area (TPSA) is 58.6 Å². The van der Waals surface area contributed by atoms with E-state index in [1.165, 1.54) is 11.3 Å². The van der Waals surface area contributed by atoms with Gasteiger partial charge in [0.05, 0.1) is 0 Å². The summed E-state index contributed by atoms with van der Waals surface area (Å²) in [5.74, 6) is 0.578. The van der Waals surface area contributed by atoms with Gasteiger partial charge in [-0.05, 0) is 13.3 Å². The van der Waals surface area contributed by atoms with E-state index in [1.54, 1.807) is 6.07 Å². The first-order valence-corrected chi connectivity index (χ1v) is 6.09. The van der Waals surface area contributed by atoms with Gasteiger partial charge in [0.1, 0.15) is 0 Å². The van der Waals surface area contributed by atoms with Crippen molar-refractivity contribution >= 4 is 11.3 Å². The number of thiazole rings is 1. The molecule has 5 heteroatoms. The van der Waals surface area contributed by atoms with Crippen molar-refractivity contribution in [2.75, 3.05) is 0 Å². The maximum atomic E-state index is 11.4. The summed E-state index contributed by atoms with van der Waals surface area (Å²) >= 11 is 1.49. The van der Waals surface area contributed by atoms with E-state index < -0.39 is 0 Å². The molecule has 0 spiro atoms. The van der Waals surface area contributed by atoms with E-state index in [2.05, 4.69) is 21.9 Å². The Kier molecular flexibility index (Phi) is 3.14. The number of H-pyrrole nitrogens is 1. The Morgan fingerprint density at radius 3 is 2.88 bits per heavy atom. The van der Waals surface area contributed by atoms with Crippen LogP contribution in [0.3, 0.4) is 0 Å². The highest BCUT2D eigenvalue weighted by Crippen LogP contribution is 2.18. The van der Waals surface area contributed by atoms with Gasteiger partial charge in [0, 0.05) is 22.8 Å². The smallest absolute Gasteiger partial charge is 0.251 e. The standard InChI is InChI=1S/C11H13N3OS/c1-3-4-8-5-9(15)14-10(13-8)11-12-7(2)6-16-11/h5-6H,3-4H2,1-2H3,(H,13,14,15). The summed E-state index contributed by atoms with van der Waals surface area (Å²) in [6.45, 7) is 3.99. The Bertz CT molecular complexity index is 544. The van der Waals surface area contributed by atoms with E-state index in [1.807, 2.05) is 12.3 Å². The Morgan fingerprint density at radius 2 is 2.25 bits per heavy atom. The molecule has 0 bridgehead atoms. The zero-order chi connectivity index (χ0) is 11.5. The largest absolute Gasteiger partial charge is 0.304 e. The van der Waals surface area contributed by atoms with E-state index in [9.17, 15) is 4.79 Å². The summed E-state index contributed by atoms with van der Waals surface area (Å²) in [4.78, 5) is 22.9. The van der Waals surface area contributed by atoms with E-state index >= 15 is 0 Å². The van der Waals surface area contributed by atoms with Crippen LogP contribution in [0.1, 0.15) is 24.7 Å². The third-order valence-corrected chi connectivity index (χ3v) is 3.09. The predicted octanol–water partition coefficient (Wildman–Crippen LogP) is 2.15. The van der Waals surface area contributed by atoms with Crippen LogP contribution < -0.4 is 5.56 Å². The molecule has 2 rings (SSSR count). The minimum atomic E-state index is -0.110. The van der Waals surface area contributed by atoms with Crippen molar-refractivity contribution in [2.45, 2.75) is 26.7 Å². The minimum Gasteiger partial charge on any atom is -0.304 e. The van der Waals surface area contributed by atoms with Crippen LogP contribution in [-0.4, -0.2) is 15.0 Å². The fraction of sp³-hybridized carbons (Fsp3) is 0.364. The normalized spacial score (nSPS) is 10.6. The molecule has 0 fully saturated rings. The molecule has 84 valence electrons. The molecule has 0 aliphatic heterocycles. The van der Waals surface area contributed by atoms with Crippen molar-refractivity contribution in [2.24, 2.45) is 0 Å². The quantitative estimate of drug-likeness (QED) is 0.886. The second-order valence-corrected chi connectivity index (χ2v) is 4.49. The van der Waals surface area contributed by atoms with Crippen LogP contribution in [0, 0.1) is 6.92 Å². The van der Waals surface area contributed by atoms with Crippen molar-refractivity contribution in [3.8, 4) is 10.8 Å². The lowest BCUT2D eigenvalue weighted by atomic mass is 10.2. The van der Waals surface area contributed by atoms with Crippen LogP contribution in [0.5, 0.6) is 0 Å². The molecule has 2 aromatic rings. The predicted molar refractivity (Wildman–Crippen MR) is 64.7 cm³/mol. The molecule has 2 heterocycles. The van der Waals surface area contributed by atoms with Crippen LogP contribution in [0.25, 0.3) is 10.8 Å². The molecule has 4 nitrogen and oxygen atoms in total. The lowest BCUT2D eigenvalue weighted by molar-refractivity contribution is 0.869. The van der Waals surface area contributed by atoms with Gasteiger partial charge in [0.2, 0.25) is 0 Å². The van der Waals surface area contributed by atoms with E-state index in [0.717, 1.165) is 29.2 Å². The second-order valence-electron chi connectivity index (χ2n) is 3.63. The molecule has 0 amide bonds. The van der Waals surface area contributed by atoms with Crippen molar-refractivity contribution in [3.05, 3.63) is 33.2 Å². The van der Waals surface area contributed by atoms with Crippen LogP contribution in [0.2, 0.25) is 0 Å². The number of rotatable bonds is 3. The average molecular weight is 235 g/mol. The number of aromatic nitrogens is 3. The first kappa shape index (κ1) is 11.0. The van der Waals surface area contributed by atoms with Crippen LogP contribution in [0.4, 0.5) is 0 Å². The minimum absolute atomic E-state index is 0.110. The molecule has 0 atom stereocenters. The summed E-state index contributed by atoms with van der Waals surface area (Å²) in [6, 6.07) is 1.55. The van der Waals surface area contributed by atoms with Crippen molar-refractivity contribution in [1.82, 2.24) is 15.0 Å². The van der Waals surface area contributed by atoms with Gasteiger partial charge in [-0.3, -0.25) is 4.79 Å². The molecule has 0 radical (unpaired) electrons. The van der Waals surface area contributed by atoms with Gasteiger partial charge < -0.3 is 4.98 Å². The van der Waals surface area contributed by atoms with E-state index in [0.29, 0.717) is 5.82 Å². The monoisotopic (exact) mass is 235 g/mol. The Balaban J connectivity index is 2.44. The fourth-order valence-electron chi connectivity index (χ4n) is 1.46. The summed E-state index contributed by atoms with van der Waals surface area (Å²) in [5.41, 5.74) is 1.67. The maximum absolute atomic E-state index is 11.4. The number of hydrogen-bond acceptors (Lipinski definition) is 4. The van der Waals surface area contributed by atoms with Crippen molar-refractivity contribution in [3.63, 3.8) is 0 Å². The SMILES string of the molecule is CCCc1cc(=O)[nH]c(-c2nc(C)cs2)n1. The van der Waals surface area contributed by atoms with E-state index in [4.69, 9.17) is 0 Å². The molecule has 0 saturated carbocycles. The van der Waals surface area contributed by atoms with E-state index in [-0.39, 0.29) is 5.56 Å². The number of nitrogens with zero attached hydrogens (tertiary/aromatic N) is 2.